The summed E-state index contributed by atoms with van der Waals surface area (Å²) >= 11 is 0. The molecule has 0 fully saturated rings. The molecule has 3 heterocycles. The molecule has 2 aromatic heterocycles. The van der Waals surface area contributed by atoms with Gasteiger partial charge in [0.15, 0.2) is 11.5 Å². The molecule has 0 aliphatic carbocycles. The number of benzene rings is 3. The molecular weight excluding hydrogens is 471 g/mol. The van der Waals surface area contributed by atoms with E-state index in [0.29, 0.717) is 17.4 Å². The molecule has 1 N–H and O–H groups in total. The number of aromatic nitrogens is 5. The van der Waals surface area contributed by atoms with Crippen LogP contribution in [-0.2, 0) is 0 Å². The van der Waals surface area contributed by atoms with Crippen molar-refractivity contribution in [1.82, 2.24) is 24.5 Å². The van der Waals surface area contributed by atoms with E-state index in [1.807, 2.05) is 70.2 Å². The Labute approximate surface area is 212 Å². The number of allylic oxidation sites excluding steroid dienone is 1. The number of fused-ring (bicyclic) bond motifs is 1. The van der Waals surface area contributed by atoms with E-state index in [1.54, 1.807) is 26.4 Å². The summed E-state index contributed by atoms with van der Waals surface area (Å²) in [6, 6.07) is 21.7. The van der Waals surface area contributed by atoms with Crippen LogP contribution in [0.3, 0.4) is 0 Å². The third-order valence-electron chi connectivity index (χ3n) is 6.30. The molecule has 0 saturated heterocycles. The topological polar surface area (TPSA) is 79.0 Å². The molecule has 184 valence electrons. The third kappa shape index (κ3) is 4.10. The highest BCUT2D eigenvalue weighted by Crippen LogP contribution is 2.39. The molecule has 3 aromatic carbocycles. The largest absolute Gasteiger partial charge is 0.493 e. The average Bonchev–Trinajstić information content (AvgIpc) is 3.61. The monoisotopic (exact) mass is 494 g/mol. The maximum atomic E-state index is 13.6. The summed E-state index contributed by atoms with van der Waals surface area (Å²) in [4.78, 5) is 4.41. The van der Waals surface area contributed by atoms with Gasteiger partial charge in [-0.25, -0.2) is 13.8 Å². The highest BCUT2D eigenvalue weighted by molar-refractivity contribution is 5.78. The van der Waals surface area contributed by atoms with Crippen molar-refractivity contribution in [2.75, 3.05) is 19.5 Å². The fraction of sp³-hybridized carbons (Fsp3) is 0.107. The van der Waals surface area contributed by atoms with E-state index >= 15 is 0 Å². The minimum Gasteiger partial charge on any atom is -0.493 e. The van der Waals surface area contributed by atoms with Crippen molar-refractivity contribution in [3.63, 3.8) is 0 Å². The fourth-order valence-corrected chi connectivity index (χ4v) is 4.48. The number of ether oxygens (including phenoxy) is 2. The minimum absolute atomic E-state index is 0.292. The highest BCUT2D eigenvalue weighted by Gasteiger charge is 2.28. The van der Waals surface area contributed by atoms with E-state index in [9.17, 15) is 4.39 Å². The SMILES string of the molecule is COc1ccc(-c2nn(-c3ccccc3)cc2[C@H]2C=C(c3ccc(F)cc3)Nc3ncnn32)cc1OC. The summed E-state index contributed by atoms with van der Waals surface area (Å²) in [6.07, 6.45) is 5.56. The molecule has 1 aliphatic rings. The summed E-state index contributed by atoms with van der Waals surface area (Å²) in [5.74, 6) is 1.53. The molecule has 0 spiro atoms. The van der Waals surface area contributed by atoms with Gasteiger partial charge in [-0.05, 0) is 66.2 Å². The van der Waals surface area contributed by atoms with Gasteiger partial charge in [-0.1, -0.05) is 18.2 Å². The van der Waals surface area contributed by atoms with Crippen LogP contribution in [0.5, 0.6) is 11.5 Å². The predicted molar refractivity (Wildman–Crippen MR) is 138 cm³/mol. The van der Waals surface area contributed by atoms with Gasteiger partial charge >= 0.3 is 0 Å². The molecule has 8 nitrogen and oxygen atoms in total. The van der Waals surface area contributed by atoms with Gasteiger partial charge in [0.1, 0.15) is 18.2 Å². The number of para-hydroxylation sites is 1. The smallest absolute Gasteiger partial charge is 0.226 e. The van der Waals surface area contributed by atoms with E-state index in [2.05, 4.69) is 15.4 Å². The van der Waals surface area contributed by atoms with E-state index in [1.165, 1.54) is 18.5 Å². The van der Waals surface area contributed by atoms with Gasteiger partial charge < -0.3 is 14.8 Å². The van der Waals surface area contributed by atoms with Crippen LogP contribution in [0.15, 0.2) is 91.4 Å². The molecule has 0 radical (unpaired) electrons. The first kappa shape index (κ1) is 22.5. The Morgan fingerprint density at radius 3 is 2.41 bits per heavy atom. The summed E-state index contributed by atoms with van der Waals surface area (Å²) in [5.41, 5.74) is 5.09. The van der Waals surface area contributed by atoms with Gasteiger partial charge in [-0.3, -0.25) is 0 Å². The Morgan fingerprint density at radius 1 is 0.892 bits per heavy atom. The normalized spacial score (nSPS) is 14.5. The Kier molecular flexibility index (Phi) is 5.65. The second-order valence-electron chi connectivity index (χ2n) is 8.47. The maximum Gasteiger partial charge on any atom is 0.226 e. The lowest BCUT2D eigenvalue weighted by molar-refractivity contribution is 0.355. The molecule has 0 unspecified atom stereocenters. The lowest BCUT2D eigenvalue weighted by Crippen LogP contribution is -2.20. The number of nitrogens with zero attached hydrogens (tertiary/aromatic N) is 5. The van der Waals surface area contributed by atoms with Crippen LogP contribution < -0.4 is 14.8 Å². The van der Waals surface area contributed by atoms with Crippen molar-refractivity contribution in [3.8, 4) is 28.4 Å². The first-order valence-corrected chi connectivity index (χ1v) is 11.7. The predicted octanol–water partition coefficient (Wildman–Crippen LogP) is 5.34. The molecule has 5 aromatic rings. The number of hydrogen-bond acceptors (Lipinski definition) is 6. The van der Waals surface area contributed by atoms with E-state index < -0.39 is 0 Å². The Morgan fingerprint density at radius 2 is 1.65 bits per heavy atom. The zero-order chi connectivity index (χ0) is 25.4. The van der Waals surface area contributed by atoms with Crippen LogP contribution in [0.1, 0.15) is 17.2 Å². The minimum atomic E-state index is -0.334. The second kappa shape index (κ2) is 9.27. The number of methoxy groups -OCH3 is 2. The number of anilines is 1. The van der Waals surface area contributed by atoms with Crippen LogP contribution in [0, 0.1) is 5.82 Å². The molecular formula is C28H23FN6O2. The van der Waals surface area contributed by atoms with Gasteiger partial charge in [-0.2, -0.15) is 15.2 Å². The van der Waals surface area contributed by atoms with Crippen molar-refractivity contribution in [1.29, 1.82) is 0 Å². The van der Waals surface area contributed by atoms with Gasteiger partial charge in [0.05, 0.1) is 25.6 Å². The standard InChI is InChI=1S/C28H23FN6O2/c1-36-25-13-10-19(14-26(25)37-2)27-22(16-34(33-27)21-6-4-3-5-7-21)24-15-23(18-8-11-20(29)12-9-18)32-28-30-17-31-35(24)28/h3-17,24H,1-2H3,(H,30,31,32)/t24-/m1/s1. The number of nitrogens with one attached hydrogen (secondary N) is 1. The molecule has 0 bridgehead atoms. The fourth-order valence-electron chi connectivity index (χ4n) is 4.48. The first-order valence-electron chi connectivity index (χ1n) is 11.7. The Hall–Kier alpha value is -4.92. The van der Waals surface area contributed by atoms with Gasteiger partial charge in [0.2, 0.25) is 5.95 Å². The lowest BCUT2D eigenvalue weighted by atomic mass is 9.99. The number of rotatable bonds is 6. The summed E-state index contributed by atoms with van der Waals surface area (Å²) in [5, 5.41) is 12.8. The van der Waals surface area contributed by atoms with Crippen LogP contribution in [0.25, 0.3) is 22.6 Å². The molecule has 6 rings (SSSR count). The average molecular weight is 495 g/mol. The van der Waals surface area contributed by atoms with Crippen LogP contribution in [0.4, 0.5) is 10.3 Å². The molecule has 37 heavy (non-hydrogen) atoms. The Balaban J connectivity index is 1.54. The zero-order valence-electron chi connectivity index (χ0n) is 20.2. The van der Waals surface area contributed by atoms with Crippen LogP contribution >= 0.6 is 0 Å². The van der Waals surface area contributed by atoms with Crippen LogP contribution in [-0.4, -0.2) is 38.8 Å². The van der Waals surface area contributed by atoms with Crippen molar-refractivity contribution in [2.45, 2.75) is 6.04 Å². The molecule has 1 aliphatic heterocycles. The number of halogens is 1. The first-order chi connectivity index (χ1) is 18.1. The third-order valence-corrected chi connectivity index (χ3v) is 6.30. The van der Waals surface area contributed by atoms with Gasteiger partial charge in [0.25, 0.3) is 0 Å². The molecule has 0 amide bonds. The van der Waals surface area contributed by atoms with Gasteiger partial charge in [-0.15, -0.1) is 0 Å². The van der Waals surface area contributed by atoms with E-state index in [4.69, 9.17) is 14.6 Å². The van der Waals surface area contributed by atoms with Crippen molar-refractivity contribution < 1.29 is 13.9 Å². The second-order valence-corrected chi connectivity index (χ2v) is 8.47. The zero-order valence-corrected chi connectivity index (χ0v) is 20.2. The summed E-state index contributed by atoms with van der Waals surface area (Å²) in [7, 11) is 3.22. The van der Waals surface area contributed by atoms with Gasteiger partial charge in [0, 0.05) is 23.0 Å². The molecule has 9 heteroatoms. The van der Waals surface area contributed by atoms with Crippen molar-refractivity contribution >= 4 is 11.6 Å². The number of hydrogen-bond donors (Lipinski definition) is 1. The summed E-state index contributed by atoms with van der Waals surface area (Å²) < 4.78 is 28.3. The van der Waals surface area contributed by atoms with Crippen LogP contribution in [0.2, 0.25) is 0 Å². The van der Waals surface area contributed by atoms with Crippen molar-refractivity contribution in [2.24, 2.45) is 0 Å². The Bertz CT molecular complexity index is 1590. The molecule has 0 saturated carbocycles. The maximum absolute atomic E-state index is 13.6. The van der Waals surface area contributed by atoms with Crippen molar-refractivity contribution in [3.05, 3.63) is 108 Å². The molecule has 1 atom stereocenters. The summed E-state index contributed by atoms with van der Waals surface area (Å²) in [6.45, 7) is 0. The van der Waals surface area contributed by atoms with E-state index in [-0.39, 0.29) is 11.9 Å². The lowest BCUT2D eigenvalue weighted by Gasteiger charge is -2.24. The van der Waals surface area contributed by atoms with E-state index in [0.717, 1.165) is 33.8 Å². The highest BCUT2D eigenvalue weighted by atomic mass is 19.1. The quantitative estimate of drug-likeness (QED) is 0.343.